The van der Waals surface area contributed by atoms with Gasteiger partial charge in [0.25, 0.3) is 0 Å². The molecule has 0 saturated carbocycles. The summed E-state index contributed by atoms with van der Waals surface area (Å²) in [6.45, 7) is 3.66. The summed E-state index contributed by atoms with van der Waals surface area (Å²) in [6, 6.07) is 4.45. The highest BCUT2D eigenvalue weighted by Crippen LogP contribution is 2.34. The molecule has 0 spiro atoms. The number of nitrogens with two attached hydrogens (primary N) is 1. The van der Waals surface area contributed by atoms with E-state index in [4.69, 9.17) is 52.6 Å². The maximum atomic E-state index is 6.08. The summed E-state index contributed by atoms with van der Waals surface area (Å²) in [5.74, 6) is 1.61. The van der Waals surface area contributed by atoms with Gasteiger partial charge >= 0.3 is 14.6 Å². The Morgan fingerprint density at radius 3 is 2.82 bits per heavy atom. The van der Waals surface area contributed by atoms with E-state index in [9.17, 15) is 0 Å². The molecular formula is C13H20Cl3NO3Si2. The van der Waals surface area contributed by atoms with Crippen molar-refractivity contribution in [3.63, 3.8) is 0 Å². The average molecular weight is 401 g/mol. The van der Waals surface area contributed by atoms with Crippen LogP contribution in [0.3, 0.4) is 0 Å². The van der Waals surface area contributed by atoms with Gasteiger partial charge in [-0.05, 0) is 37.7 Å². The fraction of sp³-hybridized carbons (Fsp3) is 0.538. The van der Waals surface area contributed by atoms with Gasteiger partial charge in [-0.25, -0.2) is 0 Å². The summed E-state index contributed by atoms with van der Waals surface area (Å²) < 4.78 is 17.7. The van der Waals surface area contributed by atoms with Gasteiger partial charge in [-0.15, -0.1) is 33.2 Å². The van der Waals surface area contributed by atoms with Gasteiger partial charge in [0, 0.05) is 17.7 Å². The van der Waals surface area contributed by atoms with E-state index in [1.165, 1.54) is 0 Å². The van der Waals surface area contributed by atoms with Crippen molar-refractivity contribution in [2.45, 2.75) is 31.7 Å². The Labute approximate surface area is 147 Å². The van der Waals surface area contributed by atoms with Crippen LogP contribution < -0.4 is 14.9 Å². The van der Waals surface area contributed by atoms with Crippen molar-refractivity contribution in [1.82, 2.24) is 0 Å². The third kappa shape index (κ3) is 5.60. The Balaban J connectivity index is 1.96. The van der Waals surface area contributed by atoms with Gasteiger partial charge in [0.15, 0.2) is 0 Å². The van der Waals surface area contributed by atoms with E-state index in [-0.39, 0.29) is 0 Å². The highest BCUT2D eigenvalue weighted by Gasteiger charge is 2.37. The summed E-state index contributed by atoms with van der Waals surface area (Å²) in [5.41, 5.74) is 6.55. The molecule has 22 heavy (non-hydrogen) atoms. The first-order valence-corrected chi connectivity index (χ1v) is 14.9. The van der Waals surface area contributed by atoms with Gasteiger partial charge in [-0.1, -0.05) is 0 Å². The normalized spacial score (nSPS) is 21.1. The Bertz CT molecular complexity index is 516. The molecule has 0 fully saturated rings. The standard InChI is InChI=1S/C13H20Cl3NO3Si2/c1-21(7-2-5-17)19-10-11-9-12(3-4-13(11)20-21)18-6-8-22(14,15)16/h3-4,9H,2,5-8,10,17H2,1H3. The largest absolute Gasteiger partial charge is 0.520 e. The Morgan fingerprint density at radius 2 is 2.14 bits per heavy atom. The molecule has 1 aromatic carbocycles. The number of ether oxygens (including phenoxy) is 1. The molecule has 2 N–H and O–H groups in total. The van der Waals surface area contributed by atoms with Gasteiger partial charge in [0.1, 0.15) is 11.5 Å². The van der Waals surface area contributed by atoms with Crippen LogP contribution in [-0.4, -0.2) is 27.7 Å². The molecule has 0 radical (unpaired) electrons. The van der Waals surface area contributed by atoms with Crippen LogP contribution in [-0.2, 0) is 11.0 Å². The maximum Gasteiger partial charge on any atom is 0.395 e. The molecule has 1 heterocycles. The lowest BCUT2D eigenvalue weighted by atomic mass is 10.2. The smallest absolute Gasteiger partial charge is 0.395 e. The molecule has 1 aliphatic rings. The zero-order valence-corrected chi connectivity index (χ0v) is 16.7. The predicted octanol–water partition coefficient (Wildman–Crippen LogP) is 4.05. The molecule has 4 nitrogen and oxygen atoms in total. The van der Waals surface area contributed by atoms with Gasteiger partial charge in [0.05, 0.1) is 13.2 Å². The summed E-state index contributed by atoms with van der Waals surface area (Å²) >= 11 is 17.5. The molecule has 1 aliphatic heterocycles. The van der Waals surface area contributed by atoms with Gasteiger partial charge < -0.3 is 19.3 Å². The predicted molar refractivity (Wildman–Crippen MR) is 95.6 cm³/mol. The quantitative estimate of drug-likeness (QED) is 0.554. The van der Waals surface area contributed by atoms with E-state index in [0.717, 1.165) is 29.5 Å². The molecule has 0 bridgehead atoms. The summed E-state index contributed by atoms with van der Waals surface area (Å²) in [4.78, 5) is 0. The topological polar surface area (TPSA) is 53.7 Å². The zero-order chi connectivity index (χ0) is 16.2. The first-order valence-electron chi connectivity index (χ1n) is 7.17. The number of benzene rings is 1. The third-order valence-electron chi connectivity index (χ3n) is 3.38. The molecule has 0 aromatic heterocycles. The SMILES string of the molecule is C[Si]1(CCCN)OCc2cc(OCC[Si](Cl)(Cl)Cl)ccc2O1. The molecular weight excluding hydrogens is 381 g/mol. The van der Waals surface area contributed by atoms with E-state index in [1.807, 2.05) is 18.2 Å². The van der Waals surface area contributed by atoms with Gasteiger partial charge in [-0.2, -0.15) is 0 Å². The molecule has 124 valence electrons. The van der Waals surface area contributed by atoms with Crippen molar-refractivity contribution in [3.8, 4) is 11.5 Å². The fourth-order valence-electron chi connectivity index (χ4n) is 2.18. The number of hydrogen-bond acceptors (Lipinski definition) is 4. The Kier molecular flexibility index (Phi) is 6.47. The van der Waals surface area contributed by atoms with E-state index in [1.54, 1.807) is 0 Å². The first kappa shape index (κ1) is 18.4. The summed E-state index contributed by atoms with van der Waals surface area (Å²) in [6.07, 6.45) is 0.917. The summed E-state index contributed by atoms with van der Waals surface area (Å²) in [5, 5.41) is 0. The number of rotatable bonds is 7. The molecule has 2 rings (SSSR count). The maximum absolute atomic E-state index is 6.08. The van der Waals surface area contributed by atoms with Gasteiger partial charge in [0.2, 0.25) is 0 Å². The van der Waals surface area contributed by atoms with E-state index >= 15 is 0 Å². The summed E-state index contributed by atoms with van der Waals surface area (Å²) in [7, 11) is -2.14. The van der Waals surface area contributed by atoms with Crippen LogP contribution in [0.25, 0.3) is 0 Å². The van der Waals surface area contributed by atoms with Crippen LogP contribution in [0.4, 0.5) is 0 Å². The van der Waals surface area contributed by atoms with E-state index in [0.29, 0.717) is 25.8 Å². The molecule has 1 atom stereocenters. The van der Waals surface area contributed by atoms with Crippen molar-refractivity contribution in [3.05, 3.63) is 23.8 Å². The molecule has 0 aliphatic carbocycles. The molecule has 0 saturated heterocycles. The average Bonchev–Trinajstić information content (AvgIpc) is 2.44. The fourth-order valence-corrected chi connectivity index (χ4v) is 5.49. The van der Waals surface area contributed by atoms with Crippen LogP contribution in [0.1, 0.15) is 12.0 Å². The highest BCUT2D eigenvalue weighted by molar-refractivity contribution is 7.64. The Hall–Kier alpha value is 0.0438. The van der Waals surface area contributed by atoms with Crippen LogP contribution >= 0.6 is 33.2 Å². The molecule has 0 amide bonds. The van der Waals surface area contributed by atoms with E-state index in [2.05, 4.69) is 6.55 Å². The number of fused-ring (bicyclic) bond motifs is 1. The van der Waals surface area contributed by atoms with Crippen LogP contribution in [0.5, 0.6) is 11.5 Å². The minimum absolute atomic E-state index is 0.395. The zero-order valence-electron chi connectivity index (χ0n) is 12.4. The van der Waals surface area contributed by atoms with E-state index < -0.39 is 14.6 Å². The number of halogens is 3. The minimum Gasteiger partial charge on any atom is -0.520 e. The Morgan fingerprint density at radius 1 is 1.36 bits per heavy atom. The first-order chi connectivity index (χ1) is 10.3. The van der Waals surface area contributed by atoms with Crippen molar-refractivity contribution in [2.75, 3.05) is 13.2 Å². The lowest BCUT2D eigenvalue weighted by Gasteiger charge is -2.33. The second-order valence-corrected chi connectivity index (χ2v) is 17.9. The number of hydrogen-bond donors (Lipinski definition) is 1. The second-order valence-electron chi connectivity index (χ2n) is 5.40. The van der Waals surface area contributed by atoms with Crippen LogP contribution in [0, 0.1) is 0 Å². The minimum atomic E-state index is -2.63. The van der Waals surface area contributed by atoms with Crippen molar-refractivity contribution >= 4 is 47.8 Å². The molecule has 1 aromatic rings. The molecule has 1 unspecified atom stereocenters. The third-order valence-corrected chi connectivity index (χ3v) is 8.52. The lowest BCUT2D eigenvalue weighted by molar-refractivity contribution is 0.203. The van der Waals surface area contributed by atoms with Crippen molar-refractivity contribution in [1.29, 1.82) is 0 Å². The van der Waals surface area contributed by atoms with Crippen molar-refractivity contribution in [2.24, 2.45) is 5.73 Å². The van der Waals surface area contributed by atoms with Crippen LogP contribution in [0.2, 0.25) is 18.6 Å². The van der Waals surface area contributed by atoms with Gasteiger partial charge in [-0.3, -0.25) is 0 Å². The lowest BCUT2D eigenvalue weighted by Crippen LogP contribution is -2.44. The highest BCUT2D eigenvalue weighted by atomic mass is 35.8. The second kappa shape index (κ2) is 7.74. The molecule has 9 heteroatoms. The van der Waals surface area contributed by atoms with Crippen LogP contribution in [0.15, 0.2) is 18.2 Å². The monoisotopic (exact) mass is 399 g/mol. The van der Waals surface area contributed by atoms with Crippen molar-refractivity contribution < 1.29 is 13.6 Å².